The highest BCUT2D eigenvalue weighted by atomic mass is 19.1. The molecule has 4 nitrogen and oxygen atoms in total. The number of aromatic hydroxyl groups is 1. The van der Waals surface area contributed by atoms with E-state index in [1.165, 1.54) is 12.1 Å². The molecular formula is C18H22FNO3. The van der Waals surface area contributed by atoms with E-state index in [0.717, 1.165) is 12.0 Å². The Morgan fingerprint density at radius 2 is 1.91 bits per heavy atom. The van der Waals surface area contributed by atoms with Crippen LogP contribution in [0.3, 0.4) is 0 Å². The molecule has 124 valence electrons. The largest absolute Gasteiger partial charge is 0.507 e. The van der Waals surface area contributed by atoms with Gasteiger partial charge in [-0.2, -0.15) is 0 Å². The van der Waals surface area contributed by atoms with Gasteiger partial charge >= 0.3 is 0 Å². The quantitative estimate of drug-likeness (QED) is 0.699. The molecule has 0 aromatic heterocycles. The lowest BCUT2D eigenvalue weighted by molar-refractivity contribution is 0.174. The summed E-state index contributed by atoms with van der Waals surface area (Å²) >= 11 is 0. The summed E-state index contributed by atoms with van der Waals surface area (Å²) in [5, 5.41) is 23.1. The first-order chi connectivity index (χ1) is 11.1. The van der Waals surface area contributed by atoms with Crippen LogP contribution in [0.4, 0.5) is 4.39 Å². The lowest BCUT2D eigenvalue weighted by Gasteiger charge is -2.13. The smallest absolute Gasteiger partial charge is 0.123 e. The Morgan fingerprint density at radius 1 is 1.17 bits per heavy atom. The Labute approximate surface area is 135 Å². The molecule has 0 amide bonds. The fourth-order valence-electron chi connectivity index (χ4n) is 2.15. The zero-order valence-corrected chi connectivity index (χ0v) is 13.1. The van der Waals surface area contributed by atoms with Crippen molar-refractivity contribution in [3.63, 3.8) is 0 Å². The number of aliphatic hydroxyl groups is 1. The van der Waals surface area contributed by atoms with Gasteiger partial charge in [0.25, 0.3) is 0 Å². The predicted molar refractivity (Wildman–Crippen MR) is 87.0 cm³/mol. The van der Waals surface area contributed by atoms with E-state index >= 15 is 0 Å². The van der Waals surface area contributed by atoms with E-state index in [0.29, 0.717) is 31.0 Å². The molecule has 23 heavy (non-hydrogen) atoms. The molecule has 0 aliphatic heterocycles. The molecule has 0 aliphatic carbocycles. The second kappa shape index (κ2) is 8.50. The van der Waals surface area contributed by atoms with Crippen LogP contribution < -0.4 is 10.1 Å². The fourth-order valence-corrected chi connectivity index (χ4v) is 2.15. The minimum Gasteiger partial charge on any atom is -0.507 e. The Hall–Kier alpha value is -2.11. The maximum absolute atomic E-state index is 12.8. The topological polar surface area (TPSA) is 61.7 Å². The maximum atomic E-state index is 12.8. The van der Waals surface area contributed by atoms with Gasteiger partial charge in [-0.25, -0.2) is 4.39 Å². The lowest BCUT2D eigenvalue weighted by atomic mass is 10.1. The summed E-state index contributed by atoms with van der Waals surface area (Å²) in [5.41, 5.74) is 1.37. The fraction of sp³-hybridized carbons (Fsp3) is 0.333. The number of halogens is 1. The Bertz CT molecular complexity index is 616. The van der Waals surface area contributed by atoms with Crippen LogP contribution >= 0.6 is 0 Å². The molecule has 1 atom stereocenters. The van der Waals surface area contributed by atoms with Crippen LogP contribution in [0.2, 0.25) is 0 Å². The first kappa shape index (κ1) is 17.2. The van der Waals surface area contributed by atoms with Gasteiger partial charge in [-0.3, -0.25) is 0 Å². The summed E-state index contributed by atoms with van der Waals surface area (Å²) in [5.74, 6) is 0.464. The van der Waals surface area contributed by atoms with Crippen LogP contribution in [0.5, 0.6) is 11.5 Å². The van der Waals surface area contributed by atoms with Crippen molar-refractivity contribution < 1.29 is 19.3 Å². The van der Waals surface area contributed by atoms with Gasteiger partial charge < -0.3 is 20.3 Å². The van der Waals surface area contributed by atoms with Gasteiger partial charge in [0.15, 0.2) is 0 Å². The van der Waals surface area contributed by atoms with Gasteiger partial charge in [-0.15, -0.1) is 0 Å². The van der Waals surface area contributed by atoms with Crippen molar-refractivity contribution >= 4 is 0 Å². The Balaban J connectivity index is 1.84. The molecule has 2 rings (SSSR count). The number of nitrogens with one attached hydrogen (secondary N) is 1. The average Bonchev–Trinajstić information content (AvgIpc) is 2.55. The SMILES string of the molecule is CCCOc1ccc(CNCC(O)c2ccc(F)cc2)c(O)c1. The number of aliphatic hydroxyl groups excluding tert-OH is 1. The number of hydrogen-bond acceptors (Lipinski definition) is 4. The summed E-state index contributed by atoms with van der Waals surface area (Å²) in [7, 11) is 0. The molecule has 0 heterocycles. The highest BCUT2D eigenvalue weighted by Crippen LogP contribution is 2.23. The number of ether oxygens (including phenoxy) is 1. The molecule has 0 bridgehead atoms. The lowest BCUT2D eigenvalue weighted by Crippen LogP contribution is -2.21. The van der Waals surface area contributed by atoms with Gasteiger partial charge in [-0.1, -0.05) is 25.1 Å². The molecular weight excluding hydrogens is 297 g/mol. The standard InChI is InChI=1S/C18H22FNO3/c1-2-9-23-16-8-5-14(17(21)10-16)11-20-12-18(22)13-3-6-15(19)7-4-13/h3-8,10,18,20-22H,2,9,11-12H2,1H3. The zero-order chi connectivity index (χ0) is 16.7. The van der Waals surface area contributed by atoms with Crippen molar-refractivity contribution in [1.29, 1.82) is 0 Å². The van der Waals surface area contributed by atoms with Gasteiger partial charge in [0.05, 0.1) is 12.7 Å². The molecule has 5 heteroatoms. The molecule has 0 spiro atoms. The number of rotatable bonds is 8. The molecule has 1 unspecified atom stereocenters. The van der Waals surface area contributed by atoms with Crippen LogP contribution in [0, 0.1) is 5.82 Å². The third-order valence-electron chi connectivity index (χ3n) is 3.44. The highest BCUT2D eigenvalue weighted by molar-refractivity contribution is 5.39. The average molecular weight is 319 g/mol. The Morgan fingerprint density at radius 3 is 2.57 bits per heavy atom. The first-order valence-corrected chi connectivity index (χ1v) is 7.69. The second-order valence-corrected chi connectivity index (χ2v) is 5.34. The van der Waals surface area contributed by atoms with E-state index in [1.807, 2.05) is 13.0 Å². The van der Waals surface area contributed by atoms with Crippen LogP contribution in [0.1, 0.15) is 30.6 Å². The molecule has 2 aromatic carbocycles. The van der Waals surface area contributed by atoms with Crippen molar-refractivity contribution in [3.05, 3.63) is 59.4 Å². The third kappa shape index (κ3) is 5.23. The van der Waals surface area contributed by atoms with E-state index in [1.54, 1.807) is 24.3 Å². The zero-order valence-electron chi connectivity index (χ0n) is 13.1. The molecule has 2 aromatic rings. The van der Waals surface area contributed by atoms with Gasteiger partial charge in [-0.05, 0) is 30.2 Å². The Kier molecular flexibility index (Phi) is 6.38. The molecule has 0 saturated carbocycles. The summed E-state index contributed by atoms with van der Waals surface area (Å²) in [6.45, 7) is 3.35. The molecule has 0 aliphatic rings. The molecule has 0 saturated heterocycles. The van der Waals surface area contributed by atoms with Gasteiger partial charge in [0.2, 0.25) is 0 Å². The molecule has 0 fully saturated rings. The summed E-state index contributed by atoms with van der Waals surface area (Å²) < 4.78 is 18.3. The van der Waals surface area contributed by atoms with Gasteiger partial charge in [0.1, 0.15) is 17.3 Å². The molecule has 0 radical (unpaired) electrons. The van der Waals surface area contributed by atoms with E-state index in [9.17, 15) is 14.6 Å². The van der Waals surface area contributed by atoms with Crippen LogP contribution in [0.25, 0.3) is 0 Å². The first-order valence-electron chi connectivity index (χ1n) is 7.69. The van der Waals surface area contributed by atoms with Crippen LogP contribution in [-0.2, 0) is 6.54 Å². The number of phenolic OH excluding ortho intramolecular Hbond substituents is 1. The number of hydrogen-bond donors (Lipinski definition) is 3. The van der Waals surface area contributed by atoms with Crippen molar-refractivity contribution in [3.8, 4) is 11.5 Å². The highest BCUT2D eigenvalue weighted by Gasteiger charge is 2.08. The normalized spacial score (nSPS) is 12.1. The van der Waals surface area contributed by atoms with Crippen LogP contribution in [-0.4, -0.2) is 23.4 Å². The number of benzene rings is 2. The summed E-state index contributed by atoms with van der Waals surface area (Å²) in [6, 6.07) is 10.9. The third-order valence-corrected chi connectivity index (χ3v) is 3.44. The van der Waals surface area contributed by atoms with Crippen molar-refractivity contribution in [2.24, 2.45) is 0 Å². The second-order valence-electron chi connectivity index (χ2n) is 5.34. The summed E-state index contributed by atoms with van der Waals surface area (Å²) in [6.07, 6.45) is 0.177. The van der Waals surface area contributed by atoms with Gasteiger partial charge in [0, 0.05) is 24.7 Å². The van der Waals surface area contributed by atoms with E-state index in [4.69, 9.17) is 4.74 Å². The van der Waals surface area contributed by atoms with E-state index < -0.39 is 6.10 Å². The van der Waals surface area contributed by atoms with E-state index in [2.05, 4.69) is 5.32 Å². The monoisotopic (exact) mass is 319 g/mol. The maximum Gasteiger partial charge on any atom is 0.123 e. The van der Waals surface area contributed by atoms with Crippen LogP contribution in [0.15, 0.2) is 42.5 Å². The van der Waals surface area contributed by atoms with E-state index in [-0.39, 0.29) is 11.6 Å². The minimum atomic E-state index is -0.732. The molecule has 3 N–H and O–H groups in total. The van der Waals surface area contributed by atoms with Crippen molar-refractivity contribution in [2.75, 3.05) is 13.2 Å². The summed E-state index contributed by atoms with van der Waals surface area (Å²) in [4.78, 5) is 0. The van der Waals surface area contributed by atoms with Crippen molar-refractivity contribution in [2.45, 2.75) is 26.0 Å². The minimum absolute atomic E-state index is 0.155. The predicted octanol–water partition coefficient (Wildman–Crippen LogP) is 3.14. The van der Waals surface area contributed by atoms with Crippen molar-refractivity contribution in [1.82, 2.24) is 5.32 Å². The number of phenols is 1.